The Labute approximate surface area is 136 Å². The summed E-state index contributed by atoms with van der Waals surface area (Å²) in [6.07, 6.45) is -8.33. The van der Waals surface area contributed by atoms with Crippen LogP contribution in [-0.4, -0.2) is 87.9 Å². The van der Waals surface area contributed by atoms with E-state index in [1.165, 1.54) is 0 Å². The first-order chi connectivity index (χ1) is 11.1. The van der Waals surface area contributed by atoms with Crippen molar-refractivity contribution >= 4 is 11.9 Å². The molecule has 0 unspecified atom stereocenters. The van der Waals surface area contributed by atoms with Crippen LogP contribution < -0.4 is 10.6 Å². The molecule has 0 aromatic carbocycles. The molecule has 24 heavy (non-hydrogen) atoms. The van der Waals surface area contributed by atoms with Gasteiger partial charge in [0.1, 0.15) is 18.3 Å². The molecule has 0 spiro atoms. The van der Waals surface area contributed by atoms with Crippen LogP contribution in [0.3, 0.4) is 0 Å². The number of rotatable bonds is 7. The van der Waals surface area contributed by atoms with Gasteiger partial charge in [-0.25, -0.2) is 9.18 Å². The second-order valence-electron chi connectivity index (χ2n) is 5.48. The van der Waals surface area contributed by atoms with Crippen molar-refractivity contribution in [3.8, 4) is 0 Å². The Bertz CT molecular complexity index is 470. The minimum absolute atomic E-state index is 0.0994. The number of carbonyl (C=O) groups is 2. The SMILES string of the molecule is CCN[C@@H]1[C@@H](NC(C)=O)[C@H]([C@@H](O)[C@@H](O)CO)O[C@@](F)(C(=O)O)[C@@H]1F. The van der Waals surface area contributed by atoms with Gasteiger partial charge in [-0.2, -0.15) is 4.39 Å². The second kappa shape index (κ2) is 8.12. The molecule has 140 valence electrons. The van der Waals surface area contributed by atoms with Crippen LogP contribution in [0.5, 0.6) is 0 Å². The van der Waals surface area contributed by atoms with Crippen molar-refractivity contribution < 1.29 is 43.5 Å². The topological polar surface area (TPSA) is 148 Å². The summed E-state index contributed by atoms with van der Waals surface area (Å²) in [5, 5.41) is 42.2. The lowest BCUT2D eigenvalue weighted by Crippen LogP contribution is -2.74. The Balaban J connectivity index is 3.31. The molecule has 0 saturated carbocycles. The van der Waals surface area contributed by atoms with Crippen LogP contribution in [0.15, 0.2) is 0 Å². The second-order valence-corrected chi connectivity index (χ2v) is 5.48. The van der Waals surface area contributed by atoms with Crippen molar-refractivity contribution in [3.63, 3.8) is 0 Å². The van der Waals surface area contributed by atoms with E-state index < -0.39 is 60.9 Å². The van der Waals surface area contributed by atoms with Crippen LogP contribution in [0.25, 0.3) is 0 Å². The Morgan fingerprint density at radius 3 is 2.33 bits per heavy atom. The van der Waals surface area contributed by atoms with Gasteiger partial charge in [-0.1, -0.05) is 6.92 Å². The van der Waals surface area contributed by atoms with Crippen molar-refractivity contribution in [2.75, 3.05) is 13.2 Å². The number of likely N-dealkylation sites (N-methyl/N-ethyl adjacent to an activating group) is 1. The van der Waals surface area contributed by atoms with Crippen molar-refractivity contribution in [1.29, 1.82) is 0 Å². The normalized spacial score (nSPS) is 36.0. The first kappa shape index (κ1) is 20.6. The third kappa shape index (κ3) is 3.98. The van der Waals surface area contributed by atoms with Crippen LogP contribution >= 0.6 is 0 Å². The lowest BCUT2D eigenvalue weighted by atomic mass is 9.86. The molecule has 9 nitrogen and oxygen atoms in total. The number of aliphatic hydroxyl groups is 3. The fourth-order valence-electron chi connectivity index (χ4n) is 2.60. The standard InChI is InChI=1S/C13H22F2N2O7/c1-3-16-8-7(17-5(2)19)10(9(21)6(20)4-18)24-13(15,11(8)14)12(22)23/h6-11,16,18,20-21H,3-4H2,1-2H3,(H,17,19)(H,22,23)/t6-,7+,8+,9-,10+,11+,13+/m0/s1. The molecule has 1 aliphatic rings. The zero-order chi connectivity index (χ0) is 18.7. The molecule has 1 rings (SSSR count). The predicted molar refractivity (Wildman–Crippen MR) is 75.4 cm³/mol. The van der Waals surface area contributed by atoms with Gasteiger partial charge in [-0.3, -0.25) is 4.79 Å². The van der Waals surface area contributed by atoms with E-state index in [0.717, 1.165) is 6.92 Å². The van der Waals surface area contributed by atoms with Gasteiger partial charge < -0.3 is 35.8 Å². The van der Waals surface area contributed by atoms with E-state index in [1.807, 2.05) is 0 Å². The number of alkyl halides is 2. The maximum Gasteiger partial charge on any atom is 0.372 e. The molecule has 0 aliphatic carbocycles. The molecule has 0 aromatic rings. The Morgan fingerprint density at radius 1 is 1.33 bits per heavy atom. The Morgan fingerprint density at radius 2 is 1.92 bits per heavy atom. The Kier molecular flexibility index (Phi) is 6.98. The summed E-state index contributed by atoms with van der Waals surface area (Å²) in [5.74, 6) is -6.73. The number of ether oxygens (including phenoxy) is 1. The summed E-state index contributed by atoms with van der Waals surface area (Å²) in [6, 6.07) is -2.95. The van der Waals surface area contributed by atoms with E-state index in [1.54, 1.807) is 6.92 Å². The average Bonchev–Trinajstić information content (AvgIpc) is 2.52. The largest absolute Gasteiger partial charge is 0.477 e. The van der Waals surface area contributed by atoms with E-state index in [4.69, 9.17) is 10.2 Å². The number of aliphatic hydroxyl groups excluding tert-OH is 3. The molecule has 1 saturated heterocycles. The quantitative estimate of drug-likeness (QED) is 0.298. The highest BCUT2D eigenvalue weighted by Crippen LogP contribution is 2.35. The fourth-order valence-corrected chi connectivity index (χ4v) is 2.60. The fraction of sp³-hybridized carbons (Fsp3) is 0.846. The number of halogens is 2. The number of hydrogen-bond acceptors (Lipinski definition) is 7. The molecule has 1 amide bonds. The first-order valence-corrected chi connectivity index (χ1v) is 7.31. The average molecular weight is 356 g/mol. The minimum Gasteiger partial charge on any atom is -0.477 e. The van der Waals surface area contributed by atoms with Crippen LogP contribution in [0.4, 0.5) is 8.78 Å². The highest BCUT2D eigenvalue weighted by Gasteiger charge is 2.62. The number of carbonyl (C=O) groups excluding carboxylic acids is 1. The van der Waals surface area contributed by atoms with E-state index in [2.05, 4.69) is 15.4 Å². The van der Waals surface area contributed by atoms with Crippen molar-refractivity contribution in [2.24, 2.45) is 0 Å². The van der Waals surface area contributed by atoms with E-state index in [-0.39, 0.29) is 6.54 Å². The van der Waals surface area contributed by atoms with Crippen LogP contribution in [0.1, 0.15) is 13.8 Å². The molecule has 0 radical (unpaired) electrons. The highest BCUT2D eigenvalue weighted by atomic mass is 19.2. The number of amides is 1. The van der Waals surface area contributed by atoms with Gasteiger partial charge in [-0.05, 0) is 6.54 Å². The highest BCUT2D eigenvalue weighted by molar-refractivity contribution is 5.77. The van der Waals surface area contributed by atoms with E-state index >= 15 is 0 Å². The summed E-state index contributed by atoms with van der Waals surface area (Å²) < 4.78 is 33.6. The predicted octanol–water partition coefficient (Wildman–Crippen LogP) is -2.33. The maximum atomic E-state index is 14.5. The lowest BCUT2D eigenvalue weighted by molar-refractivity contribution is -0.278. The van der Waals surface area contributed by atoms with Gasteiger partial charge in [0.15, 0.2) is 6.17 Å². The van der Waals surface area contributed by atoms with E-state index in [0.29, 0.717) is 0 Å². The molecule has 1 aliphatic heterocycles. The molecular formula is C13H22F2N2O7. The summed E-state index contributed by atoms with van der Waals surface area (Å²) in [6.45, 7) is 1.78. The smallest absolute Gasteiger partial charge is 0.372 e. The van der Waals surface area contributed by atoms with Gasteiger partial charge >= 0.3 is 11.8 Å². The number of aliphatic carboxylic acids is 1. The van der Waals surface area contributed by atoms with E-state index in [9.17, 15) is 28.6 Å². The molecule has 1 heterocycles. The summed E-state index contributed by atoms with van der Waals surface area (Å²) >= 11 is 0. The van der Waals surface area contributed by atoms with Gasteiger partial charge in [-0.15, -0.1) is 0 Å². The van der Waals surface area contributed by atoms with Gasteiger partial charge in [0.25, 0.3) is 0 Å². The van der Waals surface area contributed by atoms with Gasteiger partial charge in [0, 0.05) is 6.92 Å². The minimum atomic E-state index is -3.80. The van der Waals surface area contributed by atoms with Crippen molar-refractivity contribution in [1.82, 2.24) is 10.6 Å². The number of carboxylic acid groups (broad SMARTS) is 1. The molecular weight excluding hydrogens is 334 g/mol. The molecule has 11 heteroatoms. The molecule has 7 atom stereocenters. The number of hydrogen-bond donors (Lipinski definition) is 6. The van der Waals surface area contributed by atoms with Crippen LogP contribution in [-0.2, 0) is 14.3 Å². The molecule has 0 bridgehead atoms. The third-order valence-corrected chi connectivity index (χ3v) is 3.74. The van der Waals surface area contributed by atoms with Crippen molar-refractivity contribution in [2.45, 2.75) is 56.3 Å². The lowest BCUT2D eigenvalue weighted by Gasteiger charge is -2.47. The number of carboxylic acids is 1. The number of nitrogens with one attached hydrogen (secondary N) is 2. The zero-order valence-electron chi connectivity index (χ0n) is 13.1. The summed E-state index contributed by atoms with van der Waals surface area (Å²) in [7, 11) is 0. The van der Waals surface area contributed by atoms with Gasteiger partial charge in [0.2, 0.25) is 5.91 Å². The molecule has 6 N–H and O–H groups in total. The zero-order valence-corrected chi connectivity index (χ0v) is 13.1. The third-order valence-electron chi connectivity index (χ3n) is 3.74. The monoisotopic (exact) mass is 356 g/mol. The van der Waals surface area contributed by atoms with Crippen molar-refractivity contribution in [3.05, 3.63) is 0 Å². The molecule has 0 aromatic heterocycles. The van der Waals surface area contributed by atoms with Crippen LogP contribution in [0.2, 0.25) is 0 Å². The Hall–Kier alpha value is -1.40. The first-order valence-electron chi connectivity index (χ1n) is 7.31. The van der Waals surface area contributed by atoms with Crippen LogP contribution in [0, 0.1) is 0 Å². The summed E-state index contributed by atoms with van der Waals surface area (Å²) in [5.41, 5.74) is 0. The maximum absolute atomic E-state index is 14.5. The molecule has 1 fully saturated rings. The summed E-state index contributed by atoms with van der Waals surface area (Å²) in [4.78, 5) is 22.5. The van der Waals surface area contributed by atoms with Gasteiger partial charge in [0.05, 0.1) is 18.7 Å².